The highest BCUT2D eigenvalue weighted by Gasteiger charge is 2.23. The number of nitrogens with one attached hydrogen (secondary N) is 1. The fraction of sp³-hybridized carbons (Fsp3) is 0.500. The molecule has 0 atom stereocenters. The number of hydrogen-bond acceptors (Lipinski definition) is 5. The van der Waals surface area contributed by atoms with Gasteiger partial charge in [-0.2, -0.15) is 4.31 Å². The van der Waals surface area contributed by atoms with E-state index in [1.54, 1.807) is 20.8 Å². The molecule has 0 heterocycles. The minimum atomic E-state index is -3.61. The monoisotopic (exact) mass is 330 g/mol. The summed E-state index contributed by atoms with van der Waals surface area (Å²) in [6.07, 6.45) is -0.668. The van der Waals surface area contributed by atoms with Crippen LogP contribution in [0, 0.1) is 0 Å². The first kappa shape index (κ1) is 18.2. The Bertz CT molecular complexity index is 612. The number of nitrogens with zero attached hydrogens (tertiary/aromatic N) is 1. The Labute approximate surface area is 131 Å². The van der Waals surface area contributed by atoms with Crippen LogP contribution in [0.3, 0.4) is 0 Å². The molecular formula is C14H22N2O5S. The maximum atomic E-state index is 12.5. The summed E-state index contributed by atoms with van der Waals surface area (Å²) in [5, 5.41) is 2.48. The summed E-state index contributed by atoms with van der Waals surface area (Å²) in [7, 11) is -2.18. The van der Waals surface area contributed by atoms with Crippen molar-refractivity contribution in [1.82, 2.24) is 4.31 Å². The second kappa shape index (κ2) is 8.00. The SMILES string of the molecule is CCOC(=O)Nc1cc(S(=O)(=O)N(CC)CC)ccc1OC. The van der Waals surface area contributed by atoms with Crippen LogP contribution in [0.5, 0.6) is 5.75 Å². The van der Waals surface area contributed by atoms with Crippen molar-refractivity contribution >= 4 is 21.8 Å². The van der Waals surface area contributed by atoms with Gasteiger partial charge in [-0.25, -0.2) is 13.2 Å². The van der Waals surface area contributed by atoms with Gasteiger partial charge < -0.3 is 9.47 Å². The van der Waals surface area contributed by atoms with Crippen LogP contribution in [0.25, 0.3) is 0 Å². The molecule has 1 aromatic carbocycles. The molecule has 0 spiro atoms. The Balaban J connectivity index is 3.22. The summed E-state index contributed by atoms with van der Waals surface area (Å²) >= 11 is 0. The van der Waals surface area contributed by atoms with E-state index in [1.165, 1.54) is 29.6 Å². The van der Waals surface area contributed by atoms with Crippen LogP contribution in [0.2, 0.25) is 0 Å². The molecule has 0 aromatic heterocycles. The molecule has 22 heavy (non-hydrogen) atoms. The van der Waals surface area contributed by atoms with Gasteiger partial charge in [-0.05, 0) is 25.1 Å². The second-order valence-electron chi connectivity index (χ2n) is 4.30. The van der Waals surface area contributed by atoms with Gasteiger partial charge in [0.15, 0.2) is 0 Å². The fourth-order valence-corrected chi connectivity index (χ4v) is 3.42. The molecule has 1 N–H and O–H groups in total. The Morgan fingerprint density at radius 1 is 1.23 bits per heavy atom. The maximum Gasteiger partial charge on any atom is 0.411 e. The average molecular weight is 330 g/mol. The summed E-state index contributed by atoms with van der Waals surface area (Å²) in [6, 6.07) is 4.31. The smallest absolute Gasteiger partial charge is 0.411 e. The van der Waals surface area contributed by atoms with Crippen LogP contribution < -0.4 is 10.1 Å². The molecule has 1 rings (SSSR count). The van der Waals surface area contributed by atoms with Crippen molar-refractivity contribution < 1.29 is 22.7 Å². The number of hydrogen-bond donors (Lipinski definition) is 1. The van der Waals surface area contributed by atoms with Gasteiger partial charge in [0.25, 0.3) is 0 Å². The van der Waals surface area contributed by atoms with E-state index in [1.807, 2.05) is 0 Å². The van der Waals surface area contributed by atoms with E-state index < -0.39 is 16.1 Å². The van der Waals surface area contributed by atoms with Gasteiger partial charge in [0.1, 0.15) is 5.75 Å². The first-order chi connectivity index (χ1) is 10.4. The van der Waals surface area contributed by atoms with Crippen LogP contribution in [0.1, 0.15) is 20.8 Å². The standard InChI is InChI=1S/C14H22N2O5S/c1-5-16(6-2)22(18,19)11-8-9-13(20-4)12(10-11)15-14(17)21-7-3/h8-10H,5-7H2,1-4H3,(H,15,17). The van der Waals surface area contributed by atoms with E-state index >= 15 is 0 Å². The molecule has 0 radical (unpaired) electrons. The molecule has 1 amide bonds. The molecule has 0 aliphatic carbocycles. The summed E-state index contributed by atoms with van der Waals surface area (Å²) in [5.41, 5.74) is 0.245. The van der Waals surface area contributed by atoms with Gasteiger partial charge in [0, 0.05) is 13.1 Å². The Hall–Kier alpha value is -1.80. The van der Waals surface area contributed by atoms with Gasteiger partial charge in [-0.1, -0.05) is 13.8 Å². The molecule has 0 fully saturated rings. The number of anilines is 1. The predicted molar refractivity (Wildman–Crippen MR) is 83.7 cm³/mol. The molecule has 0 unspecified atom stereocenters. The molecule has 0 saturated carbocycles. The molecule has 0 bridgehead atoms. The second-order valence-corrected chi connectivity index (χ2v) is 6.23. The van der Waals surface area contributed by atoms with E-state index in [0.717, 1.165) is 0 Å². The predicted octanol–water partition coefficient (Wildman–Crippen LogP) is 2.29. The minimum Gasteiger partial charge on any atom is -0.495 e. The van der Waals surface area contributed by atoms with E-state index in [-0.39, 0.29) is 17.2 Å². The number of amides is 1. The van der Waals surface area contributed by atoms with Crippen LogP contribution in [-0.2, 0) is 14.8 Å². The maximum absolute atomic E-state index is 12.5. The lowest BCUT2D eigenvalue weighted by atomic mass is 10.3. The lowest BCUT2D eigenvalue weighted by molar-refractivity contribution is 0.168. The zero-order valence-electron chi connectivity index (χ0n) is 13.3. The Morgan fingerprint density at radius 2 is 1.86 bits per heavy atom. The van der Waals surface area contributed by atoms with Gasteiger partial charge >= 0.3 is 6.09 Å². The normalized spacial score (nSPS) is 11.3. The fourth-order valence-electron chi connectivity index (χ4n) is 1.93. The number of carbonyl (C=O) groups is 1. The summed E-state index contributed by atoms with van der Waals surface area (Å²) in [5.74, 6) is 0.353. The summed E-state index contributed by atoms with van der Waals surface area (Å²) in [6.45, 7) is 6.16. The first-order valence-electron chi connectivity index (χ1n) is 7.02. The van der Waals surface area contributed by atoms with Gasteiger partial charge in [0.05, 0.1) is 24.3 Å². The third-order valence-corrected chi connectivity index (χ3v) is 5.07. The lowest BCUT2D eigenvalue weighted by Crippen LogP contribution is -2.30. The zero-order valence-corrected chi connectivity index (χ0v) is 14.1. The number of methoxy groups -OCH3 is 1. The van der Waals surface area contributed by atoms with Gasteiger partial charge in [-0.15, -0.1) is 0 Å². The molecule has 0 aliphatic rings. The summed E-state index contributed by atoms with van der Waals surface area (Å²) in [4.78, 5) is 11.6. The number of benzene rings is 1. The van der Waals surface area contributed by atoms with Crippen molar-refractivity contribution in [3.8, 4) is 5.75 Å². The molecule has 7 nitrogen and oxygen atoms in total. The molecular weight excluding hydrogens is 308 g/mol. The van der Waals surface area contributed by atoms with E-state index in [4.69, 9.17) is 9.47 Å². The number of carbonyl (C=O) groups excluding carboxylic acids is 1. The van der Waals surface area contributed by atoms with Crippen LogP contribution >= 0.6 is 0 Å². The van der Waals surface area contributed by atoms with E-state index in [2.05, 4.69) is 5.32 Å². The quantitative estimate of drug-likeness (QED) is 0.829. The number of ether oxygens (including phenoxy) is 2. The van der Waals surface area contributed by atoms with E-state index in [9.17, 15) is 13.2 Å². The molecule has 8 heteroatoms. The zero-order chi connectivity index (χ0) is 16.8. The van der Waals surface area contributed by atoms with Crippen molar-refractivity contribution in [3.05, 3.63) is 18.2 Å². The van der Waals surface area contributed by atoms with Crippen molar-refractivity contribution in [3.63, 3.8) is 0 Å². The largest absolute Gasteiger partial charge is 0.495 e. The number of sulfonamides is 1. The van der Waals surface area contributed by atoms with E-state index in [0.29, 0.717) is 18.8 Å². The number of rotatable bonds is 7. The van der Waals surface area contributed by atoms with Gasteiger partial charge in [-0.3, -0.25) is 5.32 Å². The summed E-state index contributed by atoms with van der Waals surface area (Å²) < 4.78 is 36.3. The highest BCUT2D eigenvalue weighted by molar-refractivity contribution is 7.89. The lowest BCUT2D eigenvalue weighted by Gasteiger charge is -2.19. The van der Waals surface area contributed by atoms with Gasteiger partial charge in [0.2, 0.25) is 10.0 Å². The van der Waals surface area contributed by atoms with Crippen molar-refractivity contribution in [1.29, 1.82) is 0 Å². The van der Waals surface area contributed by atoms with Crippen molar-refractivity contribution in [2.45, 2.75) is 25.7 Å². The molecule has 0 saturated heterocycles. The Morgan fingerprint density at radius 3 is 2.36 bits per heavy atom. The van der Waals surface area contributed by atoms with Crippen LogP contribution in [0.15, 0.2) is 23.1 Å². The Kier molecular flexibility index (Phi) is 6.63. The topological polar surface area (TPSA) is 84.9 Å². The molecule has 1 aromatic rings. The third-order valence-electron chi connectivity index (χ3n) is 3.03. The van der Waals surface area contributed by atoms with Crippen LogP contribution in [0.4, 0.5) is 10.5 Å². The van der Waals surface area contributed by atoms with Crippen molar-refractivity contribution in [2.24, 2.45) is 0 Å². The third kappa shape index (κ3) is 4.11. The highest BCUT2D eigenvalue weighted by Crippen LogP contribution is 2.29. The first-order valence-corrected chi connectivity index (χ1v) is 8.46. The van der Waals surface area contributed by atoms with Crippen molar-refractivity contribution in [2.75, 3.05) is 32.1 Å². The molecule has 124 valence electrons. The molecule has 0 aliphatic heterocycles. The minimum absolute atomic E-state index is 0.0869. The van der Waals surface area contributed by atoms with Crippen LogP contribution in [-0.4, -0.2) is 45.6 Å². The average Bonchev–Trinajstić information content (AvgIpc) is 2.48. The highest BCUT2D eigenvalue weighted by atomic mass is 32.2.